The Hall–Kier alpha value is -2.72. The third-order valence-corrected chi connectivity index (χ3v) is 6.41. The third-order valence-electron chi connectivity index (χ3n) is 6.41. The first kappa shape index (κ1) is 26.9. The number of hydrogen-bond acceptors (Lipinski definition) is 8. The molecule has 0 bridgehead atoms. The number of aromatic nitrogens is 2. The van der Waals surface area contributed by atoms with Gasteiger partial charge in [0.25, 0.3) is 0 Å². The van der Waals surface area contributed by atoms with Crippen LogP contribution < -0.4 is 15.0 Å². The summed E-state index contributed by atoms with van der Waals surface area (Å²) in [7, 11) is 0. The first-order valence-corrected chi connectivity index (χ1v) is 12.4. The van der Waals surface area contributed by atoms with E-state index in [4.69, 9.17) is 14.4 Å². The van der Waals surface area contributed by atoms with E-state index in [0.29, 0.717) is 24.3 Å². The van der Waals surface area contributed by atoms with Gasteiger partial charge >= 0.3 is 6.01 Å². The van der Waals surface area contributed by atoms with Crippen LogP contribution in [0.4, 0.5) is 10.4 Å². The van der Waals surface area contributed by atoms with E-state index in [1.54, 1.807) is 19.1 Å². The van der Waals surface area contributed by atoms with E-state index in [-0.39, 0.29) is 18.0 Å². The molecule has 3 rings (SSSR count). The van der Waals surface area contributed by atoms with Gasteiger partial charge in [-0.15, -0.1) is 0 Å². The van der Waals surface area contributed by atoms with Gasteiger partial charge in [0.1, 0.15) is 11.6 Å². The molecule has 9 nitrogen and oxygen atoms in total. The number of amides is 1. The predicted molar refractivity (Wildman–Crippen MR) is 129 cm³/mol. The maximum absolute atomic E-state index is 14.6. The van der Waals surface area contributed by atoms with Crippen molar-refractivity contribution in [1.82, 2.24) is 15.5 Å². The minimum absolute atomic E-state index is 0.0858. The molecule has 0 aliphatic carbocycles. The van der Waals surface area contributed by atoms with Gasteiger partial charge in [-0.05, 0) is 44.6 Å². The molecule has 2 aromatic rings. The largest absolute Gasteiger partial charge is 0.493 e. The summed E-state index contributed by atoms with van der Waals surface area (Å²) >= 11 is 0. The molecule has 2 unspecified atom stereocenters. The van der Waals surface area contributed by atoms with Crippen LogP contribution in [0.15, 0.2) is 22.7 Å². The SMILES string of the molecule is CC(C)c1noc(N2CCC(CCCOc3ccc(C(C)C(=O)NCC(O)CO)c(F)c3)CC2)n1. The molecule has 1 fully saturated rings. The Morgan fingerprint density at radius 3 is 2.69 bits per heavy atom. The number of nitrogens with zero attached hydrogens (tertiary/aromatic N) is 3. The Labute approximate surface area is 205 Å². The molecule has 3 N–H and O–H groups in total. The lowest BCUT2D eigenvalue weighted by Crippen LogP contribution is -2.36. The van der Waals surface area contributed by atoms with Crippen LogP contribution in [0.1, 0.15) is 69.7 Å². The van der Waals surface area contributed by atoms with Crippen molar-refractivity contribution >= 4 is 11.9 Å². The van der Waals surface area contributed by atoms with Crippen LogP contribution in [0.25, 0.3) is 0 Å². The summed E-state index contributed by atoms with van der Waals surface area (Å²) in [6, 6.07) is 5.13. The summed E-state index contributed by atoms with van der Waals surface area (Å²) in [4.78, 5) is 18.8. The van der Waals surface area contributed by atoms with Gasteiger partial charge in [0.05, 0.1) is 25.2 Å². The number of aliphatic hydroxyl groups excluding tert-OH is 2. The normalized spacial score (nSPS) is 16.4. The fourth-order valence-electron chi connectivity index (χ4n) is 4.09. The molecule has 35 heavy (non-hydrogen) atoms. The fourth-order valence-corrected chi connectivity index (χ4v) is 4.09. The van der Waals surface area contributed by atoms with E-state index >= 15 is 0 Å². The fraction of sp³-hybridized carbons (Fsp3) is 0.640. The first-order valence-electron chi connectivity index (χ1n) is 12.4. The number of aliphatic hydroxyl groups is 2. The summed E-state index contributed by atoms with van der Waals surface area (Å²) in [5.41, 5.74) is 0.252. The summed E-state index contributed by atoms with van der Waals surface area (Å²) in [5, 5.41) is 24.7. The molecular weight excluding hydrogens is 455 g/mol. The average molecular weight is 493 g/mol. The highest BCUT2D eigenvalue weighted by molar-refractivity contribution is 5.83. The number of carbonyl (C=O) groups is 1. The van der Waals surface area contributed by atoms with Crippen LogP contribution in [0, 0.1) is 11.7 Å². The first-order chi connectivity index (χ1) is 16.8. The molecule has 194 valence electrons. The van der Waals surface area contributed by atoms with Crippen molar-refractivity contribution in [2.45, 2.75) is 64.4 Å². The summed E-state index contributed by atoms with van der Waals surface area (Å²) < 4.78 is 25.7. The summed E-state index contributed by atoms with van der Waals surface area (Å²) in [6.45, 7) is 7.42. The highest BCUT2D eigenvalue weighted by Crippen LogP contribution is 2.27. The number of hydrogen-bond donors (Lipinski definition) is 3. The zero-order valence-electron chi connectivity index (χ0n) is 20.7. The van der Waals surface area contributed by atoms with Crippen LogP contribution in [-0.2, 0) is 4.79 Å². The molecule has 1 aliphatic rings. The number of ether oxygens (including phenoxy) is 1. The number of halogens is 1. The molecule has 0 saturated carbocycles. The molecule has 2 heterocycles. The van der Waals surface area contributed by atoms with Gasteiger partial charge in [0, 0.05) is 37.2 Å². The third kappa shape index (κ3) is 7.63. The van der Waals surface area contributed by atoms with E-state index in [1.165, 1.54) is 6.07 Å². The highest BCUT2D eigenvalue weighted by Gasteiger charge is 2.24. The maximum Gasteiger partial charge on any atom is 0.324 e. The molecule has 1 saturated heterocycles. The van der Waals surface area contributed by atoms with Gasteiger partial charge in [0.15, 0.2) is 5.82 Å². The lowest BCUT2D eigenvalue weighted by Gasteiger charge is -2.30. The van der Waals surface area contributed by atoms with E-state index in [2.05, 4.69) is 20.4 Å². The lowest BCUT2D eigenvalue weighted by atomic mass is 9.92. The predicted octanol–water partition coefficient (Wildman–Crippen LogP) is 2.98. The van der Waals surface area contributed by atoms with E-state index in [0.717, 1.165) is 44.6 Å². The van der Waals surface area contributed by atoms with Gasteiger partial charge in [-0.1, -0.05) is 25.1 Å². The molecule has 1 aliphatic heterocycles. The van der Waals surface area contributed by atoms with Crippen LogP contribution in [0.3, 0.4) is 0 Å². The Morgan fingerprint density at radius 2 is 2.06 bits per heavy atom. The van der Waals surface area contributed by atoms with E-state index in [1.807, 2.05) is 13.8 Å². The maximum atomic E-state index is 14.6. The second kappa shape index (κ2) is 12.8. The molecular formula is C25H37FN4O5. The van der Waals surface area contributed by atoms with Gasteiger partial charge in [-0.2, -0.15) is 4.98 Å². The summed E-state index contributed by atoms with van der Waals surface area (Å²) in [5.74, 6) is 0.351. The second-order valence-electron chi connectivity index (χ2n) is 9.50. The van der Waals surface area contributed by atoms with Crippen molar-refractivity contribution in [3.63, 3.8) is 0 Å². The molecule has 10 heteroatoms. The van der Waals surface area contributed by atoms with Gasteiger partial charge in [-0.25, -0.2) is 4.39 Å². The van der Waals surface area contributed by atoms with Crippen LogP contribution in [0.5, 0.6) is 5.75 Å². The van der Waals surface area contributed by atoms with Gasteiger partial charge < -0.3 is 29.7 Å². The smallest absolute Gasteiger partial charge is 0.324 e. The number of rotatable bonds is 12. The topological polar surface area (TPSA) is 121 Å². The number of piperidine rings is 1. The van der Waals surface area contributed by atoms with Crippen LogP contribution in [-0.4, -0.2) is 65.2 Å². The number of carbonyl (C=O) groups excluding carboxylic acids is 1. The Bertz CT molecular complexity index is 946. The minimum atomic E-state index is -1.04. The standard InChI is InChI=1S/C25H37FN4O5/c1-16(2)23-28-25(35-29-23)30-10-8-18(9-11-30)5-4-12-34-20-6-7-21(22(26)13-20)17(3)24(33)27-14-19(32)15-31/h6-7,13,16-19,31-32H,4-5,8-12,14-15H2,1-3H3,(H,27,33). The second-order valence-corrected chi connectivity index (χ2v) is 9.50. The molecule has 0 spiro atoms. The van der Waals surface area contributed by atoms with Gasteiger partial charge in [0.2, 0.25) is 5.91 Å². The Balaban J connectivity index is 1.37. The van der Waals surface area contributed by atoms with E-state index < -0.39 is 30.4 Å². The van der Waals surface area contributed by atoms with Crippen LogP contribution >= 0.6 is 0 Å². The highest BCUT2D eigenvalue weighted by atomic mass is 19.1. The monoisotopic (exact) mass is 492 g/mol. The number of benzene rings is 1. The Kier molecular flexibility index (Phi) is 9.85. The molecule has 1 aromatic carbocycles. The lowest BCUT2D eigenvalue weighted by molar-refractivity contribution is -0.122. The molecule has 1 aromatic heterocycles. The van der Waals surface area contributed by atoms with Crippen molar-refractivity contribution in [2.75, 3.05) is 37.7 Å². The van der Waals surface area contributed by atoms with Crippen molar-refractivity contribution in [3.8, 4) is 5.75 Å². The zero-order valence-corrected chi connectivity index (χ0v) is 20.7. The van der Waals surface area contributed by atoms with E-state index in [9.17, 15) is 14.3 Å². The van der Waals surface area contributed by atoms with Crippen molar-refractivity contribution < 1.29 is 28.7 Å². The van der Waals surface area contributed by atoms with Crippen molar-refractivity contribution in [1.29, 1.82) is 0 Å². The summed E-state index contributed by atoms with van der Waals surface area (Å²) in [6.07, 6.45) is 2.98. The minimum Gasteiger partial charge on any atom is -0.493 e. The van der Waals surface area contributed by atoms with Crippen LogP contribution in [0.2, 0.25) is 0 Å². The quantitative estimate of drug-likeness (QED) is 0.387. The van der Waals surface area contributed by atoms with Crippen molar-refractivity contribution in [3.05, 3.63) is 35.4 Å². The molecule has 2 atom stereocenters. The Morgan fingerprint density at radius 1 is 1.31 bits per heavy atom. The average Bonchev–Trinajstić information content (AvgIpc) is 3.36. The zero-order chi connectivity index (χ0) is 25.4. The number of nitrogens with one attached hydrogen (secondary N) is 1. The van der Waals surface area contributed by atoms with Crippen molar-refractivity contribution in [2.24, 2.45) is 5.92 Å². The number of anilines is 1. The molecule has 0 radical (unpaired) electrons. The van der Waals surface area contributed by atoms with Gasteiger partial charge in [-0.3, -0.25) is 4.79 Å². The molecule has 1 amide bonds.